The van der Waals surface area contributed by atoms with Gasteiger partial charge in [-0.15, -0.1) is 0 Å². The summed E-state index contributed by atoms with van der Waals surface area (Å²) in [6.07, 6.45) is 1.75. The lowest BCUT2D eigenvalue weighted by Crippen LogP contribution is -2.39. The van der Waals surface area contributed by atoms with Gasteiger partial charge in [0.2, 0.25) is 5.91 Å². The number of hydrogen-bond acceptors (Lipinski definition) is 4. The lowest BCUT2D eigenvalue weighted by atomic mass is 10.1. The summed E-state index contributed by atoms with van der Waals surface area (Å²) in [5.41, 5.74) is 2.64. The molecule has 0 fully saturated rings. The quantitative estimate of drug-likeness (QED) is 0.630. The van der Waals surface area contributed by atoms with Crippen molar-refractivity contribution in [3.63, 3.8) is 0 Å². The molecule has 27 heavy (non-hydrogen) atoms. The van der Waals surface area contributed by atoms with Gasteiger partial charge in [0, 0.05) is 28.2 Å². The molecular weight excluding hydrogens is 406 g/mol. The maximum absolute atomic E-state index is 12.8. The minimum Gasteiger partial charge on any atom is -0.496 e. The summed E-state index contributed by atoms with van der Waals surface area (Å²) in [7, 11) is 3.58. The van der Waals surface area contributed by atoms with E-state index in [2.05, 4.69) is 26.2 Å². The number of nitrogens with one attached hydrogen (secondary N) is 1. The van der Waals surface area contributed by atoms with Gasteiger partial charge < -0.3 is 10.1 Å². The van der Waals surface area contributed by atoms with E-state index in [1.54, 1.807) is 13.3 Å². The van der Waals surface area contributed by atoms with Crippen LogP contribution in [0.25, 0.3) is 10.9 Å². The fourth-order valence-electron chi connectivity index (χ4n) is 2.93. The van der Waals surface area contributed by atoms with E-state index in [1.165, 1.54) is 0 Å². The summed E-state index contributed by atoms with van der Waals surface area (Å²) in [6, 6.07) is 15.1. The molecule has 0 saturated heterocycles. The van der Waals surface area contributed by atoms with Crippen LogP contribution in [0.5, 0.6) is 5.75 Å². The SMILES string of the molecule is COc1ccc(Br)cc1CN(C)[C@@H](C)C(=O)Nc1cccc2ncccc12. The number of carbonyl (C=O) groups is 1. The van der Waals surface area contributed by atoms with Gasteiger partial charge in [-0.3, -0.25) is 14.7 Å². The highest BCUT2D eigenvalue weighted by Gasteiger charge is 2.20. The Bertz CT molecular complexity index is 956. The van der Waals surface area contributed by atoms with Crippen LogP contribution in [-0.2, 0) is 11.3 Å². The highest BCUT2D eigenvalue weighted by molar-refractivity contribution is 9.10. The second kappa shape index (κ2) is 8.50. The Labute approximate surface area is 167 Å². The van der Waals surface area contributed by atoms with Gasteiger partial charge in [-0.2, -0.15) is 0 Å². The van der Waals surface area contributed by atoms with Crippen molar-refractivity contribution < 1.29 is 9.53 Å². The molecule has 1 heterocycles. The minimum absolute atomic E-state index is 0.0668. The van der Waals surface area contributed by atoms with E-state index in [-0.39, 0.29) is 11.9 Å². The molecule has 5 nitrogen and oxygen atoms in total. The molecule has 0 unspecified atom stereocenters. The predicted octanol–water partition coefficient (Wildman–Crippen LogP) is 4.46. The van der Waals surface area contributed by atoms with E-state index in [4.69, 9.17) is 4.74 Å². The third kappa shape index (κ3) is 4.46. The standard InChI is InChI=1S/C21H22BrN3O2/c1-14(25(2)13-15-12-16(22)9-10-20(15)27-3)21(26)24-19-8-4-7-18-17(19)6-5-11-23-18/h4-12,14H,13H2,1-3H3,(H,24,26)/t14-/m0/s1. The Kier molecular flexibility index (Phi) is 6.08. The average molecular weight is 428 g/mol. The second-order valence-electron chi connectivity index (χ2n) is 6.41. The Morgan fingerprint density at radius 2 is 2.07 bits per heavy atom. The van der Waals surface area contributed by atoms with Gasteiger partial charge in [0.15, 0.2) is 0 Å². The van der Waals surface area contributed by atoms with Crippen LogP contribution in [0.15, 0.2) is 59.2 Å². The number of hydrogen-bond donors (Lipinski definition) is 1. The van der Waals surface area contributed by atoms with E-state index in [0.29, 0.717) is 6.54 Å². The largest absolute Gasteiger partial charge is 0.496 e. The first-order valence-corrected chi connectivity index (χ1v) is 9.46. The van der Waals surface area contributed by atoms with Gasteiger partial charge in [-0.05, 0) is 56.4 Å². The molecule has 0 saturated carbocycles. The number of methoxy groups -OCH3 is 1. The summed E-state index contributed by atoms with van der Waals surface area (Å²) >= 11 is 3.49. The topological polar surface area (TPSA) is 54.5 Å². The Morgan fingerprint density at radius 1 is 1.26 bits per heavy atom. The molecular formula is C21H22BrN3O2. The van der Waals surface area contributed by atoms with Gasteiger partial charge in [0.25, 0.3) is 0 Å². The Hall–Kier alpha value is -2.44. The van der Waals surface area contributed by atoms with Crippen molar-refractivity contribution in [2.45, 2.75) is 19.5 Å². The third-order valence-corrected chi connectivity index (χ3v) is 5.10. The summed E-state index contributed by atoms with van der Waals surface area (Å²) in [5, 5.41) is 3.96. The highest BCUT2D eigenvalue weighted by atomic mass is 79.9. The molecule has 140 valence electrons. The van der Waals surface area contributed by atoms with Crippen LogP contribution in [0.2, 0.25) is 0 Å². The molecule has 6 heteroatoms. The number of ether oxygens (including phenoxy) is 1. The van der Waals surface area contributed by atoms with E-state index in [9.17, 15) is 4.79 Å². The van der Waals surface area contributed by atoms with Crippen molar-refractivity contribution >= 4 is 38.4 Å². The van der Waals surface area contributed by atoms with Crippen LogP contribution in [0.1, 0.15) is 12.5 Å². The number of fused-ring (bicyclic) bond motifs is 1. The Balaban J connectivity index is 1.74. The first-order valence-electron chi connectivity index (χ1n) is 8.67. The van der Waals surface area contributed by atoms with Crippen molar-refractivity contribution in [3.8, 4) is 5.75 Å². The lowest BCUT2D eigenvalue weighted by Gasteiger charge is -2.25. The minimum atomic E-state index is -0.319. The first-order chi connectivity index (χ1) is 13.0. The van der Waals surface area contributed by atoms with Crippen LogP contribution in [0.3, 0.4) is 0 Å². The number of rotatable bonds is 6. The van der Waals surface area contributed by atoms with Crippen LogP contribution in [0, 0.1) is 0 Å². The number of likely N-dealkylation sites (N-methyl/N-ethyl adjacent to an activating group) is 1. The molecule has 0 bridgehead atoms. The molecule has 0 radical (unpaired) electrons. The zero-order valence-electron chi connectivity index (χ0n) is 15.6. The maximum atomic E-state index is 12.8. The third-order valence-electron chi connectivity index (χ3n) is 4.61. The van der Waals surface area contributed by atoms with Crippen LogP contribution in [-0.4, -0.2) is 36.0 Å². The number of halogens is 1. The summed E-state index contributed by atoms with van der Waals surface area (Å²) < 4.78 is 6.41. The molecule has 0 aliphatic rings. The molecule has 1 atom stereocenters. The van der Waals surface area contributed by atoms with Gasteiger partial charge in [-0.1, -0.05) is 22.0 Å². The lowest BCUT2D eigenvalue weighted by molar-refractivity contribution is -0.120. The number of anilines is 1. The van der Waals surface area contributed by atoms with Crippen molar-refractivity contribution in [1.82, 2.24) is 9.88 Å². The molecule has 2 aromatic carbocycles. The molecule has 1 aromatic heterocycles. The molecule has 0 aliphatic carbocycles. The van der Waals surface area contributed by atoms with Crippen molar-refractivity contribution in [3.05, 3.63) is 64.8 Å². The number of pyridine rings is 1. The average Bonchev–Trinajstić information content (AvgIpc) is 2.67. The van der Waals surface area contributed by atoms with Crippen molar-refractivity contribution in [2.75, 3.05) is 19.5 Å². The first kappa shape index (κ1) is 19.3. The van der Waals surface area contributed by atoms with Crippen LogP contribution < -0.4 is 10.1 Å². The van der Waals surface area contributed by atoms with Gasteiger partial charge >= 0.3 is 0 Å². The second-order valence-corrected chi connectivity index (χ2v) is 7.33. The van der Waals surface area contributed by atoms with Gasteiger partial charge in [0.05, 0.1) is 24.4 Å². The molecule has 1 amide bonds. The number of amides is 1. The van der Waals surface area contributed by atoms with E-state index >= 15 is 0 Å². The molecule has 3 aromatic rings. The van der Waals surface area contributed by atoms with Crippen molar-refractivity contribution in [1.29, 1.82) is 0 Å². The normalized spacial score (nSPS) is 12.2. The fourth-order valence-corrected chi connectivity index (χ4v) is 3.33. The number of benzene rings is 2. The van der Waals surface area contributed by atoms with Crippen LogP contribution in [0.4, 0.5) is 5.69 Å². The zero-order valence-corrected chi connectivity index (χ0v) is 17.2. The highest BCUT2D eigenvalue weighted by Crippen LogP contribution is 2.25. The summed E-state index contributed by atoms with van der Waals surface area (Å²) in [6.45, 7) is 2.48. The fraction of sp³-hybridized carbons (Fsp3) is 0.238. The number of aromatic nitrogens is 1. The van der Waals surface area contributed by atoms with Gasteiger partial charge in [-0.25, -0.2) is 0 Å². The molecule has 0 aliphatic heterocycles. The van der Waals surface area contributed by atoms with Crippen LogP contribution >= 0.6 is 15.9 Å². The van der Waals surface area contributed by atoms with E-state index in [1.807, 2.05) is 67.4 Å². The maximum Gasteiger partial charge on any atom is 0.241 e. The smallest absolute Gasteiger partial charge is 0.241 e. The monoisotopic (exact) mass is 427 g/mol. The van der Waals surface area contributed by atoms with E-state index in [0.717, 1.165) is 32.4 Å². The summed E-state index contributed by atoms with van der Waals surface area (Å²) in [5.74, 6) is 0.737. The number of nitrogens with zero attached hydrogens (tertiary/aromatic N) is 2. The van der Waals surface area contributed by atoms with Gasteiger partial charge in [0.1, 0.15) is 5.75 Å². The molecule has 3 rings (SSSR count). The predicted molar refractivity (Wildman–Crippen MR) is 112 cm³/mol. The molecule has 1 N–H and O–H groups in total. The van der Waals surface area contributed by atoms with E-state index < -0.39 is 0 Å². The molecule has 0 spiro atoms. The van der Waals surface area contributed by atoms with Crippen molar-refractivity contribution in [2.24, 2.45) is 0 Å². The number of carbonyl (C=O) groups excluding carboxylic acids is 1. The summed E-state index contributed by atoms with van der Waals surface area (Å²) in [4.78, 5) is 19.1. The zero-order chi connectivity index (χ0) is 19.4. The Morgan fingerprint density at radius 3 is 2.85 bits per heavy atom.